The van der Waals surface area contributed by atoms with Crippen LogP contribution < -0.4 is 10.1 Å². The minimum Gasteiger partial charge on any atom is -0.492 e. The van der Waals surface area contributed by atoms with Crippen LogP contribution >= 0.6 is 0 Å². The number of hydrogen-bond acceptors (Lipinski definition) is 5. The zero-order valence-electron chi connectivity index (χ0n) is 18.7. The Morgan fingerprint density at radius 3 is 2.81 bits per heavy atom. The fourth-order valence-corrected chi connectivity index (χ4v) is 3.76. The second kappa shape index (κ2) is 10.7. The maximum absolute atomic E-state index is 14.0. The van der Waals surface area contributed by atoms with E-state index in [-0.39, 0.29) is 18.1 Å². The van der Waals surface area contributed by atoms with Crippen LogP contribution in [0.25, 0.3) is 16.8 Å². The van der Waals surface area contributed by atoms with Crippen LogP contribution in [0, 0.1) is 22.6 Å². The van der Waals surface area contributed by atoms with Crippen molar-refractivity contribution >= 4 is 11.4 Å². The predicted molar refractivity (Wildman–Crippen MR) is 124 cm³/mol. The Morgan fingerprint density at radius 1 is 1.28 bits per heavy atom. The van der Waals surface area contributed by atoms with Gasteiger partial charge in [-0.05, 0) is 50.2 Å². The summed E-state index contributed by atoms with van der Waals surface area (Å²) in [5.41, 5.74) is 5.18. The lowest BCUT2D eigenvalue weighted by atomic mass is 9.99. The Hall–Kier alpha value is -3.50. The third-order valence-corrected chi connectivity index (χ3v) is 5.36. The molecule has 2 aromatic heterocycles. The molecule has 0 aliphatic carbocycles. The SMILES string of the molecule is CCC/C(C)=C(/CCOc1cc(F)ccc1-c1ccc2ncc(CNC)n2c1)C(=N)C#N. The summed E-state index contributed by atoms with van der Waals surface area (Å²) in [7, 11) is 1.88. The normalized spacial score (nSPS) is 11.8. The molecule has 32 heavy (non-hydrogen) atoms. The monoisotopic (exact) mass is 433 g/mol. The van der Waals surface area contributed by atoms with Gasteiger partial charge in [0.25, 0.3) is 0 Å². The van der Waals surface area contributed by atoms with Gasteiger partial charge in [0.2, 0.25) is 0 Å². The Kier molecular flexibility index (Phi) is 7.74. The van der Waals surface area contributed by atoms with E-state index in [9.17, 15) is 9.65 Å². The average Bonchev–Trinajstić information content (AvgIpc) is 3.19. The van der Waals surface area contributed by atoms with E-state index in [0.29, 0.717) is 24.3 Å². The van der Waals surface area contributed by atoms with Gasteiger partial charge in [-0.1, -0.05) is 18.9 Å². The number of nitrogens with one attached hydrogen (secondary N) is 2. The number of aromatic nitrogens is 2. The number of ether oxygens (including phenoxy) is 1. The lowest BCUT2D eigenvalue weighted by Crippen LogP contribution is -2.08. The van der Waals surface area contributed by atoms with Crippen molar-refractivity contribution in [3.8, 4) is 22.9 Å². The quantitative estimate of drug-likeness (QED) is 0.426. The summed E-state index contributed by atoms with van der Waals surface area (Å²) in [5, 5.41) is 20.3. The highest BCUT2D eigenvalue weighted by Crippen LogP contribution is 2.32. The molecule has 2 heterocycles. The lowest BCUT2D eigenvalue weighted by molar-refractivity contribution is 0.322. The van der Waals surface area contributed by atoms with E-state index in [1.807, 2.05) is 49.0 Å². The summed E-state index contributed by atoms with van der Waals surface area (Å²) in [6.07, 6.45) is 5.98. The van der Waals surface area contributed by atoms with Gasteiger partial charge in [-0.15, -0.1) is 0 Å². The summed E-state index contributed by atoms with van der Waals surface area (Å²) >= 11 is 0. The summed E-state index contributed by atoms with van der Waals surface area (Å²) in [6, 6.07) is 10.3. The summed E-state index contributed by atoms with van der Waals surface area (Å²) in [6.45, 7) is 4.93. The van der Waals surface area contributed by atoms with Crippen molar-refractivity contribution in [2.75, 3.05) is 13.7 Å². The van der Waals surface area contributed by atoms with Crippen molar-refractivity contribution in [1.82, 2.24) is 14.7 Å². The van der Waals surface area contributed by atoms with Crippen LogP contribution in [0.3, 0.4) is 0 Å². The van der Waals surface area contributed by atoms with Gasteiger partial charge in [-0.3, -0.25) is 5.41 Å². The van der Waals surface area contributed by atoms with Crippen LogP contribution in [0.15, 0.2) is 53.9 Å². The molecule has 0 amide bonds. The average molecular weight is 434 g/mol. The van der Waals surface area contributed by atoms with Gasteiger partial charge in [-0.2, -0.15) is 5.26 Å². The van der Waals surface area contributed by atoms with Crippen molar-refractivity contribution in [3.63, 3.8) is 0 Å². The molecule has 0 radical (unpaired) electrons. The molecule has 6 nitrogen and oxygen atoms in total. The molecular weight excluding hydrogens is 405 g/mol. The van der Waals surface area contributed by atoms with E-state index in [4.69, 9.17) is 10.1 Å². The number of rotatable bonds is 10. The van der Waals surface area contributed by atoms with E-state index < -0.39 is 0 Å². The number of fused-ring (bicyclic) bond motifs is 1. The number of halogens is 1. The van der Waals surface area contributed by atoms with E-state index in [0.717, 1.165) is 40.9 Å². The molecule has 0 saturated heterocycles. The number of allylic oxidation sites excluding steroid dienone is 1. The summed E-state index contributed by atoms with van der Waals surface area (Å²) in [4.78, 5) is 4.41. The number of imidazole rings is 1. The van der Waals surface area contributed by atoms with Crippen molar-refractivity contribution in [2.45, 2.75) is 39.7 Å². The van der Waals surface area contributed by atoms with Gasteiger partial charge in [-0.25, -0.2) is 9.37 Å². The minimum atomic E-state index is -0.383. The molecule has 0 spiro atoms. The molecular formula is C25H28FN5O. The van der Waals surface area contributed by atoms with Crippen molar-refractivity contribution in [2.24, 2.45) is 0 Å². The molecule has 2 N–H and O–H groups in total. The Labute approximate surface area is 187 Å². The molecule has 0 unspecified atom stereocenters. The van der Waals surface area contributed by atoms with Crippen LogP contribution in [0.4, 0.5) is 4.39 Å². The van der Waals surface area contributed by atoms with Gasteiger partial charge in [0, 0.05) is 36.4 Å². The van der Waals surface area contributed by atoms with Crippen molar-refractivity contribution in [1.29, 1.82) is 10.7 Å². The first-order chi connectivity index (χ1) is 15.5. The van der Waals surface area contributed by atoms with Gasteiger partial charge < -0.3 is 14.5 Å². The third-order valence-electron chi connectivity index (χ3n) is 5.36. The minimum absolute atomic E-state index is 0.0401. The van der Waals surface area contributed by atoms with Gasteiger partial charge >= 0.3 is 0 Å². The first-order valence-corrected chi connectivity index (χ1v) is 10.7. The number of benzene rings is 1. The van der Waals surface area contributed by atoms with E-state index in [1.54, 1.807) is 6.07 Å². The molecule has 3 aromatic rings. The predicted octanol–water partition coefficient (Wildman–Crippen LogP) is 5.29. The van der Waals surface area contributed by atoms with Crippen LogP contribution in [0.2, 0.25) is 0 Å². The van der Waals surface area contributed by atoms with Crippen LogP contribution in [-0.2, 0) is 6.54 Å². The van der Waals surface area contributed by atoms with Crippen molar-refractivity contribution in [3.05, 3.63) is 65.4 Å². The van der Waals surface area contributed by atoms with E-state index in [1.165, 1.54) is 12.1 Å². The lowest BCUT2D eigenvalue weighted by Gasteiger charge is -2.14. The largest absolute Gasteiger partial charge is 0.492 e. The molecule has 0 aliphatic heterocycles. The Morgan fingerprint density at radius 2 is 2.09 bits per heavy atom. The summed E-state index contributed by atoms with van der Waals surface area (Å²) in [5.74, 6) is 0.0432. The standard InChI is InChI=1S/C25H28FN5O/c1-4-5-17(2)21(23(28)13-27)10-11-32-24-12-19(26)7-8-22(24)18-6-9-25-30-15-20(14-29-3)31(25)16-18/h6-9,12,15-16,28-29H,4-5,10-11,14H2,1-3H3/b21-17-,28-23?. The molecule has 0 saturated carbocycles. The molecule has 1 aromatic carbocycles. The second-order valence-electron chi connectivity index (χ2n) is 7.66. The number of pyridine rings is 1. The van der Waals surface area contributed by atoms with E-state index >= 15 is 0 Å². The van der Waals surface area contributed by atoms with Crippen LogP contribution in [0.1, 0.15) is 38.8 Å². The molecule has 0 bridgehead atoms. The first-order valence-electron chi connectivity index (χ1n) is 10.7. The molecule has 166 valence electrons. The molecule has 0 fully saturated rings. The fraction of sp³-hybridized carbons (Fsp3) is 0.320. The van der Waals surface area contributed by atoms with Gasteiger partial charge in [0.05, 0.1) is 18.5 Å². The number of nitriles is 1. The second-order valence-corrected chi connectivity index (χ2v) is 7.66. The first kappa shape index (κ1) is 23.2. The van der Waals surface area contributed by atoms with E-state index in [2.05, 4.69) is 17.2 Å². The Bertz CT molecular complexity index is 1190. The zero-order chi connectivity index (χ0) is 23.1. The Balaban J connectivity index is 1.88. The van der Waals surface area contributed by atoms with Crippen LogP contribution in [-0.4, -0.2) is 28.8 Å². The maximum atomic E-state index is 14.0. The fourth-order valence-electron chi connectivity index (χ4n) is 3.76. The topological polar surface area (TPSA) is 86.2 Å². The molecule has 3 rings (SSSR count). The van der Waals surface area contributed by atoms with Crippen LogP contribution in [0.5, 0.6) is 5.75 Å². The maximum Gasteiger partial charge on any atom is 0.136 e. The zero-order valence-corrected chi connectivity index (χ0v) is 18.7. The highest BCUT2D eigenvalue weighted by molar-refractivity contribution is 6.09. The van der Waals surface area contributed by atoms with Gasteiger partial charge in [0.15, 0.2) is 0 Å². The molecule has 7 heteroatoms. The van der Waals surface area contributed by atoms with Crippen molar-refractivity contribution < 1.29 is 9.13 Å². The number of nitrogens with zero attached hydrogens (tertiary/aromatic N) is 3. The smallest absolute Gasteiger partial charge is 0.136 e. The summed E-state index contributed by atoms with van der Waals surface area (Å²) < 4.78 is 22.0. The number of hydrogen-bond donors (Lipinski definition) is 2. The molecule has 0 atom stereocenters. The third kappa shape index (κ3) is 5.21. The van der Waals surface area contributed by atoms with Gasteiger partial charge in [0.1, 0.15) is 29.0 Å². The highest BCUT2D eigenvalue weighted by Gasteiger charge is 2.13. The molecule has 0 aliphatic rings. The highest BCUT2D eigenvalue weighted by atomic mass is 19.1.